The van der Waals surface area contributed by atoms with Gasteiger partial charge in [0.05, 0.1) is 5.41 Å². The smallest absolute Gasteiger partial charge is 0.242 e. The van der Waals surface area contributed by atoms with E-state index in [-0.39, 0.29) is 11.8 Å². The van der Waals surface area contributed by atoms with E-state index in [0.717, 1.165) is 64.8 Å². The molecule has 196 valence electrons. The molecular weight excluding hydrogens is 438 g/mol. The number of likely N-dealkylation sites (tertiary alicyclic amines) is 1. The Balaban J connectivity index is 1.67. The van der Waals surface area contributed by atoms with Crippen LogP contribution in [-0.2, 0) is 20.9 Å². The van der Waals surface area contributed by atoms with E-state index in [0.29, 0.717) is 31.4 Å². The second-order valence-electron chi connectivity index (χ2n) is 11.3. The summed E-state index contributed by atoms with van der Waals surface area (Å²) in [5.74, 6) is 0.867. The highest BCUT2D eigenvalue weighted by Gasteiger charge is 2.42. The number of carbonyl (C=O) groups excluding carboxylic acids is 2. The zero-order chi connectivity index (χ0) is 25.3. The number of amides is 2. The van der Waals surface area contributed by atoms with Crippen molar-refractivity contribution in [1.82, 2.24) is 15.5 Å². The van der Waals surface area contributed by atoms with Gasteiger partial charge in [-0.25, -0.2) is 0 Å². The van der Waals surface area contributed by atoms with Crippen molar-refractivity contribution in [2.75, 3.05) is 32.8 Å². The minimum absolute atomic E-state index is 0.0669. The molecule has 2 N–H and O–H groups in total. The number of ether oxygens (including phenoxy) is 1. The Morgan fingerprint density at radius 1 is 0.971 bits per heavy atom. The molecule has 1 spiro atoms. The van der Waals surface area contributed by atoms with Crippen LogP contribution >= 0.6 is 0 Å². The molecule has 1 aromatic carbocycles. The number of hydrogen-bond donors (Lipinski definition) is 2. The Morgan fingerprint density at radius 2 is 1.66 bits per heavy atom. The van der Waals surface area contributed by atoms with Gasteiger partial charge in [-0.2, -0.15) is 0 Å². The lowest BCUT2D eigenvalue weighted by atomic mass is 9.73. The molecule has 0 saturated carbocycles. The zero-order valence-corrected chi connectivity index (χ0v) is 22.4. The molecule has 2 aliphatic heterocycles. The average Bonchev–Trinajstić information content (AvgIpc) is 2.83. The van der Waals surface area contributed by atoms with Crippen LogP contribution in [-0.4, -0.2) is 55.6 Å². The summed E-state index contributed by atoms with van der Waals surface area (Å²) in [5.41, 5.74) is 2.29. The van der Waals surface area contributed by atoms with Crippen molar-refractivity contribution in [3.8, 4) is 0 Å². The van der Waals surface area contributed by atoms with E-state index in [1.54, 1.807) is 0 Å². The Kier molecular flexibility index (Phi) is 10.6. The highest BCUT2D eigenvalue weighted by Crippen LogP contribution is 2.38. The third-order valence-corrected chi connectivity index (χ3v) is 7.64. The first-order valence-corrected chi connectivity index (χ1v) is 13.8. The molecule has 3 rings (SSSR count). The van der Waals surface area contributed by atoms with Crippen molar-refractivity contribution >= 4 is 11.8 Å². The number of carbonyl (C=O) groups is 2. The lowest BCUT2D eigenvalue weighted by molar-refractivity contribution is -0.138. The molecule has 6 heteroatoms. The van der Waals surface area contributed by atoms with Crippen LogP contribution in [0, 0.1) is 11.3 Å². The molecule has 1 atom stereocenters. The van der Waals surface area contributed by atoms with Crippen LogP contribution in [0.5, 0.6) is 0 Å². The first-order valence-electron chi connectivity index (χ1n) is 13.8. The third-order valence-electron chi connectivity index (χ3n) is 7.64. The number of hydrogen-bond acceptors (Lipinski definition) is 4. The van der Waals surface area contributed by atoms with Crippen molar-refractivity contribution in [3.63, 3.8) is 0 Å². The monoisotopic (exact) mass is 485 g/mol. The molecule has 0 radical (unpaired) electrons. The molecule has 0 bridgehead atoms. The maximum atomic E-state index is 13.7. The number of nitrogens with zero attached hydrogens (tertiary/aromatic N) is 1. The lowest BCUT2D eigenvalue weighted by Crippen LogP contribution is -2.55. The fraction of sp³-hybridized carbons (Fsp3) is 0.724. The van der Waals surface area contributed by atoms with E-state index in [4.69, 9.17) is 4.74 Å². The number of benzene rings is 1. The molecule has 0 unspecified atom stereocenters. The van der Waals surface area contributed by atoms with Gasteiger partial charge in [-0.15, -0.1) is 0 Å². The van der Waals surface area contributed by atoms with E-state index < -0.39 is 11.5 Å². The third kappa shape index (κ3) is 8.32. The molecule has 35 heavy (non-hydrogen) atoms. The maximum absolute atomic E-state index is 13.7. The summed E-state index contributed by atoms with van der Waals surface area (Å²) in [5, 5.41) is 6.20. The minimum Gasteiger partial charge on any atom is -0.381 e. The molecule has 6 nitrogen and oxygen atoms in total. The maximum Gasteiger partial charge on any atom is 0.242 e. The Morgan fingerprint density at radius 3 is 2.31 bits per heavy atom. The van der Waals surface area contributed by atoms with Crippen LogP contribution in [0.15, 0.2) is 24.3 Å². The van der Waals surface area contributed by atoms with Gasteiger partial charge in [-0.05, 0) is 74.6 Å². The summed E-state index contributed by atoms with van der Waals surface area (Å²) in [6.45, 7) is 13.3. The van der Waals surface area contributed by atoms with Crippen molar-refractivity contribution in [3.05, 3.63) is 35.4 Å². The first-order chi connectivity index (χ1) is 16.8. The number of nitrogens with one attached hydrogen (secondary N) is 2. The Bertz CT molecular complexity index is 798. The van der Waals surface area contributed by atoms with Crippen LogP contribution in [0.3, 0.4) is 0 Å². The predicted molar refractivity (Wildman–Crippen MR) is 141 cm³/mol. The fourth-order valence-corrected chi connectivity index (χ4v) is 5.29. The quantitative estimate of drug-likeness (QED) is 0.638. The summed E-state index contributed by atoms with van der Waals surface area (Å²) in [6.07, 6.45) is 5.93. The van der Waals surface area contributed by atoms with Gasteiger partial charge in [0.2, 0.25) is 11.8 Å². The molecule has 2 heterocycles. The minimum atomic E-state index is -0.472. The second kappa shape index (κ2) is 13.4. The summed E-state index contributed by atoms with van der Waals surface area (Å²) in [7, 11) is 0. The van der Waals surface area contributed by atoms with Crippen molar-refractivity contribution in [1.29, 1.82) is 0 Å². The van der Waals surface area contributed by atoms with Crippen LogP contribution in [0.1, 0.15) is 89.7 Å². The van der Waals surface area contributed by atoms with E-state index in [1.807, 2.05) is 0 Å². The van der Waals surface area contributed by atoms with Gasteiger partial charge < -0.3 is 15.4 Å². The molecular formula is C29H47N3O3. The van der Waals surface area contributed by atoms with Gasteiger partial charge in [0.15, 0.2) is 0 Å². The van der Waals surface area contributed by atoms with E-state index in [9.17, 15) is 9.59 Å². The van der Waals surface area contributed by atoms with E-state index >= 15 is 0 Å². The standard InChI is InChI=1S/C29H47N3O3/c1-22(2)20-26-27(33)30-15-7-19-35-18-6-5-12-29(28(34)31-26)13-16-32(17-14-29)21-24-8-10-25(11-9-24)23(3)4/h8-11,22-23,26H,5-7,12-21H2,1-4H3,(H,30,33)(H,31,34)/t26-/m0/s1. The van der Waals surface area contributed by atoms with Gasteiger partial charge >= 0.3 is 0 Å². The van der Waals surface area contributed by atoms with Crippen LogP contribution < -0.4 is 10.6 Å². The lowest BCUT2D eigenvalue weighted by Gasteiger charge is -2.41. The largest absolute Gasteiger partial charge is 0.381 e. The molecule has 2 aliphatic rings. The van der Waals surface area contributed by atoms with Crippen LogP contribution in [0.25, 0.3) is 0 Å². The summed E-state index contributed by atoms with van der Waals surface area (Å²) < 4.78 is 5.75. The molecule has 0 aromatic heterocycles. The number of rotatable bonds is 5. The molecule has 0 aliphatic carbocycles. The fourth-order valence-electron chi connectivity index (χ4n) is 5.29. The van der Waals surface area contributed by atoms with Crippen LogP contribution in [0.4, 0.5) is 0 Å². The van der Waals surface area contributed by atoms with Gasteiger partial charge in [-0.1, -0.05) is 58.4 Å². The van der Waals surface area contributed by atoms with Crippen LogP contribution in [0.2, 0.25) is 0 Å². The predicted octanol–water partition coefficient (Wildman–Crippen LogP) is 4.63. The number of piperidine rings is 1. The van der Waals surface area contributed by atoms with Crippen molar-refractivity contribution in [2.45, 2.75) is 91.1 Å². The molecule has 2 fully saturated rings. The normalized spacial score (nSPS) is 23.2. The van der Waals surface area contributed by atoms with Gasteiger partial charge in [-0.3, -0.25) is 14.5 Å². The van der Waals surface area contributed by atoms with Crippen molar-refractivity contribution in [2.24, 2.45) is 11.3 Å². The highest BCUT2D eigenvalue weighted by atomic mass is 16.5. The Labute approximate surface area is 212 Å². The topological polar surface area (TPSA) is 70.7 Å². The first kappa shape index (κ1) is 27.7. The molecule has 1 aromatic rings. The second-order valence-corrected chi connectivity index (χ2v) is 11.3. The average molecular weight is 486 g/mol. The summed E-state index contributed by atoms with van der Waals surface area (Å²) in [4.78, 5) is 29.1. The van der Waals surface area contributed by atoms with E-state index in [1.165, 1.54) is 11.1 Å². The molecule has 2 amide bonds. The van der Waals surface area contributed by atoms with Gasteiger partial charge in [0.25, 0.3) is 0 Å². The summed E-state index contributed by atoms with van der Waals surface area (Å²) in [6, 6.07) is 8.48. The van der Waals surface area contributed by atoms with Crippen molar-refractivity contribution < 1.29 is 14.3 Å². The van der Waals surface area contributed by atoms with E-state index in [2.05, 4.69) is 67.5 Å². The Hall–Kier alpha value is -1.92. The van der Waals surface area contributed by atoms with Gasteiger partial charge in [0, 0.05) is 26.3 Å². The zero-order valence-electron chi connectivity index (χ0n) is 22.4. The van der Waals surface area contributed by atoms with Gasteiger partial charge in [0.1, 0.15) is 6.04 Å². The molecule has 2 saturated heterocycles. The highest BCUT2D eigenvalue weighted by molar-refractivity contribution is 5.90. The SMILES string of the molecule is CC(C)C[C@@H]1NC(=O)C2(CCCCOCCCNC1=O)CCN(Cc1ccc(C(C)C)cc1)CC2. The summed E-state index contributed by atoms with van der Waals surface area (Å²) >= 11 is 0.